The highest BCUT2D eigenvalue weighted by Crippen LogP contribution is 2.40. The number of rotatable bonds is 2. The van der Waals surface area contributed by atoms with Gasteiger partial charge in [-0.2, -0.15) is 0 Å². The first-order valence-corrected chi connectivity index (χ1v) is 7.89. The highest BCUT2D eigenvalue weighted by molar-refractivity contribution is 6.44. The monoisotopic (exact) mass is 329 g/mol. The van der Waals surface area contributed by atoms with E-state index in [1.807, 2.05) is 0 Å². The number of hydrogen-bond acceptors (Lipinski definition) is 3. The van der Waals surface area contributed by atoms with Crippen LogP contribution in [-0.2, 0) is 4.74 Å². The molecule has 1 fully saturated rings. The topological polar surface area (TPSA) is 52.3 Å². The van der Waals surface area contributed by atoms with E-state index in [0.29, 0.717) is 11.6 Å². The Morgan fingerprint density at radius 3 is 2.62 bits per heavy atom. The van der Waals surface area contributed by atoms with E-state index >= 15 is 0 Å². The molecule has 2 unspecified atom stereocenters. The van der Waals surface area contributed by atoms with Crippen molar-refractivity contribution in [2.75, 3.05) is 5.73 Å². The third-order valence-electron chi connectivity index (χ3n) is 3.89. The smallest absolute Gasteiger partial charge is 0.340 e. The van der Waals surface area contributed by atoms with Crippen LogP contribution in [0.15, 0.2) is 12.1 Å². The first-order chi connectivity index (χ1) is 9.68. The predicted molar refractivity (Wildman–Crippen MR) is 86.9 cm³/mol. The summed E-state index contributed by atoms with van der Waals surface area (Å²) in [5, 5.41) is 0.458. The molecule has 1 saturated carbocycles. The highest BCUT2D eigenvalue weighted by atomic mass is 35.5. The molecule has 5 heteroatoms. The zero-order chi connectivity index (χ0) is 15.8. The van der Waals surface area contributed by atoms with Gasteiger partial charge < -0.3 is 10.5 Å². The maximum Gasteiger partial charge on any atom is 0.340 e. The van der Waals surface area contributed by atoms with E-state index in [9.17, 15) is 4.79 Å². The Morgan fingerprint density at radius 2 is 2.00 bits per heavy atom. The summed E-state index contributed by atoms with van der Waals surface area (Å²) in [5.41, 5.74) is 6.52. The molecule has 2 atom stereocenters. The van der Waals surface area contributed by atoms with Crippen LogP contribution in [0.1, 0.15) is 50.4 Å². The zero-order valence-electron chi connectivity index (χ0n) is 12.6. The van der Waals surface area contributed by atoms with Gasteiger partial charge in [-0.05, 0) is 42.7 Å². The van der Waals surface area contributed by atoms with Crippen LogP contribution in [0.25, 0.3) is 0 Å². The molecule has 0 saturated heterocycles. The van der Waals surface area contributed by atoms with Gasteiger partial charge in [0.1, 0.15) is 6.10 Å². The third-order valence-corrected chi connectivity index (χ3v) is 4.69. The second-order valence-electron chi connectivity index (χ2n) is 6.80. The lowest BCUT2D eigenvalue weighted by atomic mass is 9.71. The molecule has 2 N–H and O–H groups in total. The van der Waals surface area contributed by atoms with Crippen molar-refractivity contribution in [1.29, 1.82) is 0 Å². The van der Waals surface area contributed by atoms with Crippen molar-refractivity contribution in [3.8, 4) is 0 Å². The zero-order valence-corrected chi connectivity index (χ0v) is 14.1. The van der Waals surface area contributed by atoms with Gasteiger partial charge in [0.05, 0.1) is 15.6 Å². The van der Waals surface area contributed by atoms with Crippen molar-refractivity contribution in [1.82, 2.24) is 0 Å². The van der Waals surface area contributed by atoms with E-state index in [0.717, 1.165) is 19.3 Å². The minimum atomic E-state index is -0.455. The molecule has 21 heavy (non-hydrogen) atoms. The van der Waals surface area contributed by atoms with E-state index in [4.69, 9.17) is 33.7 Å². The van der Waals surface area contributed by atoms with E-state index in [2.05, 4.69) is 20.8 Å². The molecule has 1 aromatic carbocycles. The molecule has 0 aliphatic heterocycles. The minimum Gasteiger partial charge on any atom is -0.459 e. The fourth-order valence-electron chi connectivity index (χ4n) is 3.32. The molecule has 0 heterocycles. The van der Waals surface area contributed by atoms with E-state index in [1.165, 1.54) is 12.1 Å². The highest BCUT2D eigenvalue weighted by Gasteiger charge is 2.34. The molecule has 116 valence electrons. The summed E-state index contributed by atoms with van der Waals surface area (Å²) in [7, 11) is 0. The molecule has 0 amide bonds. The molecule has 0 spiro atoms. The van der Waals surface area contributed by atoms with Crippen molar-refractivity contribution in [3.63, 3.8) is 0 Å². The summed E-state index contributed by atoms with van der Waals surface area (Å²) < 4.78 is 5.64. The van der Waals surface area contributed by atoms with E-state index in [1.54, 1.807) is 0 Å². The number of halogens is 2. The van der Waals surface area contributed by atoms with E-state index in [-0.39, 0.29) is 27.1 Å². The van der Waals surface area contributed by atoms with Crippen LogP contribution >= 0.6 is 23.2 Å². The van der Waals surface area contributed by atoms with Crippen LogP contribution in [-0.4, -0.2) is 12.1 Å². The van der Waals surface area contributed by atoms with E-state index < -0.39 is 5.97 Å². The van der Waals surface area contributed by atoms with Gasteiger partial charge in [0.15, 0.2) is 0 Å². The van der Waals surface area contributed by atoms with Crippen LogP contribution in [0, 0.1) is 11.3 Å². The second-order valence-corrected chi connectivity index (χ2v) is 7.59. The molecule has 0 radical (unpaired) electrons. The first-order valence-electron chi connectivity index (χ1n) is 7.13. The van der Waals surface area contributed by atoms with Gasteiger partial charge in [-0.25, -0.2) is 4.79 Å². The third kappa shape index (κ3) is 4.04. The molecular weight excluding hydrogens is 309 g/mol. The Labute approximate surface area is 135 Å². The van der Waals surface area contributed by atoms with Crippen molar-refractivity contribution in [3.05, 3.63) is 27.7 Å². The first kappa shape index (κ1) is 16.4. The van der Waals surface area contributed by atoms with Gasteiger partial charge in [0.25, 0.3) is 0 Å². The van der Waals surface area contributed by atoms with Crippen LogP contribution in [0.4, 0.5) is 5.69 Å². The number of carbonyl (C=O) groups is 1. The Balaban J connectivity index is 2.15. The average Bonchev–Trinajstić information content (AvgIpc) is 2.30. The largest absolute Gasteiger partial charge is 0.459 e. The number of benzene rings is 1. The van der Waals surface area contributed by atoms with Gasteiger partial charge >= 0.3 is 5.97 Å². The maximum atomic E-state index is 12.3. The molecule has 1 aliphatic carbocycles. The lowest BCUT2D eigenvalue weighted by molar-refractivity contribution is -0.00712. The Morgan fingerprint density at radius 1 is 1.33 bits per heavy atom. The fraction of sp³-hybridized carbons (Fsp3) is 0.562. The summed E-state index contributed by atoms with van der Waals surface area (Å²) in [6, 6.07) is 3.03. The van der Waals surface area contributed by atoms with Gasteiger partial charge in [-0.15, -0.1) is 0 Å². The summed E-state index contributed by atoms with van der Waals surface area (Å²) in [5.74, 6) is 0.0792. The van der Waals surface area contributed by atoms with Gasteiger partial charge in [-0.1, -0.05) is 44.0 Å². The maximum absolute atomic E-state index is 12.3. The minimum absolute atomic E-state index is 0.0903. The Kier molecular flexibility index (Phi) is 4.74. The van der Waals surface area contributed by atoms with Crippen molar-refractivity contribution in [2.45, 2.75) is 46.1 Å². The summed E-state index contributed by atoms with van der Waals surface area (Å²) >= 11 is 12.0. The summed E-state index contributed by atoms with van der Waals surface area (Å²) in [6.45, 7) is 6.59. The number of nitrogen functional groups attached to an aromatic ring is 1. The van der Waals surface area contributed by atoms with Gasteiger partial charge in [-0.3, -0.25) is 0 Å². The SMILES string of the molecule is CC1CC(OC(=O)c2cc(N)cc(Cl)c2Cl)CC(C)(C)C1. The van der Waals surface area contributed by atoms with Gasteiger partial charge in [0.2, 0.25) is 0 Å². The number of nitrogens with two attached hydrogens (primary N) is 1. The number of carbonyl (C=O) groups excluding carboxylic acids is 1. The predicted octanol–water partition coefficient (Wildman–Crippen LogP) is 4.95. The second kappa shape index (κ2) is 6.05. The summed E-state index contributed by atoms with van der Waals surface area (Å²) in [4.78, 5) is 12.3. The molecule has 2 rings (SSSR count). The van der Waals surface area contributed by atoms with Crippen LogP contribution in [0.2, 0.25) is 10.0 Å². The Bertz CT molecular complexity index is 557. The lowest BCUT2D eigenvalue weighted by Gasteiger charge is -2.38. The molecule has 1 aliphatic rings. The fourth-order valence-corrected chi connectivity index (χ4v) is 3.74. The number of ether oxygens (including phenoxy) is 1. The van der Waals surface area contributed by atoms with Crippen molar-refractivity contribution in [2.24, 2.45) is 11.3 Å². The molecule has 0 bridgehead atoms. The summed E-state index contributed by atoms with van der Waals surface area (Å²) in [6.07, 6.45) is 2.79. The van der Waals surface area contributed by atoms with Crippen LogP contribution in [0.5, 0.6) is 0 Å². The molecule has 1 aromatic rings. The van der Waals surface area contributed by atoms with Crippen molar-refractivity contribution < 1.29 is 9.53 Å². The lowest BCUT2D eigenvalue weighted by Crippen LogP contribution is -2.34. The standard InChI is InChI=1S/C16H21Cl2NO2/c1-9-4-11(8-16(2,3)7-9)21-15(20)12-5-10(19)6-13(17)14(12)18/h5-6,9,11H,4,7-8,19H2,1-3H3. The van der Waals surface area contributed by atoms with Crippen LogP contribution in [0.3, 0.4) is 0 Å². The average molecular weight is 330 g/mol. The van der Waals surface area contributed by atoms with Crippen LogP contribution < -0.4 is 5.73 Å². The Hall–Kier alpha value is -0.930. The normalized spacial score (nSPS) is 24.6. The van der Waals surface area contributed by atoms with Crippen molar-refractivity contribution >= 4 is 34.9 Å². The molecular formula is C16H21Cl2NO2. The number of anilines is 1. The quantitative estimate of drug-likeness (QED) is 0.617. The number of esters is 1. The molecule has 0 aromatic heterocycles. The van der Waals surface area contributed by atoms with Gasteiger partial charge in [0, 0.05) is 5.69 Å². The molecule has 3 nitrogen and oxygen atoms in total. The number of hydrogen-bond donors (Lipinski definition) is 1.